The highest BCUT2D eigenvalue weighted by Crippen LogP contribution is 2.15. The van der Waals surface area contributed by atoms with Gasteiger partial charge in [0.05, 0.1) is 25.8 Å². The van der Waals surface area contributed by atoms with Crippen LogP contribution in [-0.2, 0) is 23.8 Å². The first kappa shape index (κ1) is 19.0. The number of ether oxygens (including phenoxy) is 3. The number of hydrogen-bond donors (Lipinski definition) is 0. The number of hydrogen-bond acceptors (Lipinski definition) is 6. The summed E-state index contributed by atoms with van der Waals surface area (Å²) in [6.07, 6.45) is 5.35. The van der Waals surface area contributed by atoms with E-state index >= 15 is 0 Å². The van der Waals surface area contributed by atoms with Gasteiger partial charge in [0.2, 0.25) is 0 Å². The molecule has 0 aromatic heterocycles. The second kappa shape index (κ2) is 10.6. The van der Waals surface area contributed by atoms with Crippen molar-refractivity contribution in [1.29, 1.82) is 0 Å². The van der Waals surface area contributed by atoms with Crippen LogP contribution < -0.4 is 0 Å². The van der Waals surface area contributed by atoms with Crippen LogP contribution in [0.5, 0.6) is 0 Å². The highest BCUT2D eigenvalue weighted by Gasteiger charge is 2.22. The Morgan fingerprint density at radius 1 is 1.22 bits per heavy atom. The molecule has 23 heavy (non-hydrogen) atoms. The van der Waals surface area contributed by atoms with Gasteiger partial charge in [0.25, 0.3) is 0 Å². The van der Waals surface area contributed by atoms with Gasteiger partial charge in [0.15, 0.2) is 0 Å². The van der Waals surface area contributed by atoms with Crippen molar-refractivity contribution in [2.24, 2.45) is 0 Å². The summed E-state index contributed by atoms with van der Waals surface area (Å²) in [7, 11) is 1.32. The molecular weight excluding hydrogens is 302 g/mol. The first-order valence-corrected chi connectivity index (χ1v) is 7.96. The summed E-state index contributed by atoms with van der Waals surface area (Å²) in [4.78, 5) is 35.7. The Hall–Kier alpha value is -2.05. The molecule has 7 nitrogen and oxygen atoms in total. The molecular formula is C16H25NO6. The van der Waals surface area contributed by atoms with E-state index in [9.17, 15) is 14.4 Å². The topological polar surface area (TPSA) is 82.1 Å². The molecule has 1 aliphatic rings. The first-order chi connectivity index (χ1) is 11.1. The van der Waals surface area contributed by atoms with E-state index in [1.165, 1.54) is 18.2 Å². The van der Waals surface area contributed by atoms with Crippen LogP contribution in [-0.4, -0.2) is 49.8 Å². The van der Waals surface area contributed by atoms with Gasteiger partial charge in [0.1, 0.15) is 6.61 Å². The van der Waals surface area contributed by atoms with Crippen LogP contribution in [0, 0.1) is 0 Å². The van der Waals surface area contributed by atoms with E-state index in [2.05, 4.69) is 0 Å². The molecule has 1 heterocycles. The van der Waals surface area contributed by atoms with Crippen molar-refractivity contribution in [3.05, 3.63) is 11.8 Å². The number of cyclic esters (lactones) is 1. The van der Waals surface area contributed by atoms with Crippen molar-refractivity contribution in [3.63, 3.8) is 0 Å². The predicted octanol–water partition coefficient (Wildman–Crippen LogP) is 2.40. The molecule has 1 saturated heterocycles. The Morgan fingerprint density at radius 3 is 2.48 bits per heavy atom. The fourth-order valence-corrected chi connectivity index (χ4v) is 2.23. The van der Waals surface area contributed by atoms with Gasteiger partial charge in [-0.15, -0.1) is 0 Å². The van der Waals surface area contributed by atoms with E-state index in [-0.39, 0.29) is 5.97 Å². The van der Waals surface area contributed by atoms with Gasteiger partial charge in [-0.2, -0.15) is 0 Å². The molecule has 0 N–H and O–H groups in total. The van der Waals surface area contributed by atoms with Gasteiger partial charge < -0.3 is 14.2 Å². The zero-order chi connectivity index (χ0) is 17.1. The normalized spacial score (nSPS) is 14.6. The van der Waals surface area contributed by atoms with Crippen LogP contribution >= 0.6 is 0 Å². The fraction of sp³-hybridized carbons (Fsp3) is 0.688. The quantitative estimate of drug-likeness (QED) is 0.265. The molecule has 1 rings (SSSR count). The van der Waals surface area contributed by atoms with Crippen molar-refractivity contribution >= 4 is 18.0 Å². The highest BCUT2D eigenvalue weighted by atomic mass is 16.6. The lowest BCUT2D eigenvalue weighted by molar-refractivity contribution is -0.143. The number of amides is 1. The Kier molecular flexibility index (Phi) is 8.79. The van der Waals surface area contributed by atoms with E-state index < -0.39 is 12.1 Å². The number of methoxy groups -OCH3 is 1. The van der Waals surface area contributed by atoms with Gasteiger partial charge in [-0.1, -0.05) is 12.8 Å². The molecule has 0 spiro atoms. The maximum atomic E-state index is 11.8. The zero-order valence-electron chi connectivity index (χ0n) is 13.8. The van der Waals surface area contributed by atoms with Crippen LogP contribution in [0.25, 0.3) is 0 Å². The number of carbonyl (C=O) groups excluding carboxylic acids is 3. The Balaban J connectivity index is 2.32. The van der Waals surface area contributed by atoms with E-state index in [0.29, 0.717) is 38.2 Å². The average molecular weight is 327 g/mol. The van der Waals surface area contributed by atoms with Gasteiger partial charge in [0, 0.05) is 12.6 Å². The smallest absolute Gasteiger partial charge is 0.413 e. The summed E-state index contributed by atoms with van der Waals surface area (Å²) >= 11 is 0. The molecule has 0 bridgehead atoms. The molecule has 1 aliphatic heterocycles. The molecule has 7 heteroatoms. The number of esters is 2. The third kappa shape index (κ3) is 7.17. The van der Waals surface area contributed by atoms with Gasteiger partial charge >= 0.3 is 18.0 Å². The highest BCUT2D eigenvalue weighted by molar-refractivity contribution is 5.89. The fourth-order valence-electron chi connectivity index (χ4n) is 2.23. The van der Waals surface area contributed by atoms with Crippen LogP contribution in [0.15, 0.2) is 11.8 Å². The monoisotopic (exact) mass is 327 g/mol. The summed E-state index contributed by atoms with van der Waals surface area (Å²) in [6.45, 7) is 2.97. The van der Waals surface area contributed by atoms with Gasteiger partial charge in [-0.3, -0.25) is 9.69 Å². The summed E-state index contributed by atoms with van der Waals surface area (Å²) in [5.41, 5.74) is 0.455. The summed E-state index contributed by atoms with van der Waals surface area (Å²) in [5, 5.41) is 0. The maximum absolute atomic E-state index is 11.8. The number of nitrogens with zero attached hydrogens (tertiary/aromatic N) is 1. The minimum Gasteiger partial charge on any atom is -0.466 e. The van der Waals surface area contributed by atoms with Crippen molar-refractivity contribution in [2.75, 3.05) is 26.9 Å². The maximum Gasteiger partial charge on any atom is 0.413 e. The molecule has 0 aromatic carbocycles. The van der Waals surface area contributed by atoms with Gasteiger partial charge in [-0.05, 0) is 26.2 Å². The van der Waals surface area contributed by atoms with E-state index in [4.69, 9.17) is 14.2 Å². The molecule has 0 aromatic rings. The first-order valence-electron chi connectivity index (χ1n) is 7.96. The summed E-state index contributed by atoms with van der Waals surface area (Å²) < 4.78 is 14.4. The lowest BCUT2D eigenvalue weighted by atomic mass is 10.1. The minimum absolute atomic E-state index is 0.171. The van der Waals surface area contributed by atoms with Gasteiger partial charge in [-0.25, -0.2) is 9.59 Å². The van der Waals surface area contributed by atoms with Crippen molar-refractivity contribution < 1.29 is 28.6 Å². The van der Waals surface area contributed by atoms with Crippen LogP contribution in [0.3, 0.4) is 0 Å². The second-order valence-electron chi connectivity index (χ2n) is 5.17. The van der Waals surface area contributed by atoms with Crippen LogP contribution in [0.1, 0.15) is 45.4 Å². The summed E-state index contributed by atoms with van der Waals surface area (Å²) in [6, 6.07) is 0. The average Bonchev–Trinajstić information content (AvgIpc) is 2.94. The Morgan fingerprint density at radius 2 is 1.91 bits per heavy atom. The van der Waals surface area contributed by atoms with E-state index in [0.717, 1.165) is 25.7 Å². The van der Waals surface area contributed by atoms with Crippen LogP contribution in [0.2, 0.25) is 0 Å². The molecule has 1 fully saturated rings. The molecule has 130 valence electrons. The molecule has 0 atom stereocenters. The zero-order valence-corrected chi connectivity index (χ0v) is 13.8. The lowest BCUT2D eigenvalue weighted by Crippen LogP contribution is -2.20. The minimum atomic E-state index is -0.444. The third-order valence-corrected chi connectivity index (χ3v) is 3.43. The lowest BCUT2D eigenvalue weighted by Gasteiger charge is -2.10. The van der Waals surface area contributed by atoms with Crippen LogP contribution in [0.4, 0.5) is 4.79 Å². The molecule has 0 aliphatic carbocycles. The van der Waals surface area contributed by atoms with E-state index in [1.807, 2.05) is 0 Å². The Bertz CT molecular complexity index is 446. The molecule has 0 unspecified atom stereocenters. The molecule has 1 amide bonds. The number of carbonyl (C=O) groups is 3. The van der Waals surface area contributed by atoms with Crippen molar-refractivity contribution in [1.82, 2.24) is 4.90 Å². The van der Waals surface area contributed by atoms with Crippen molar-refractivity contribution in [3.8, 4) is 0 Å². The van der Waals surface area contributed by atoms with E-state index in [1.54, 1.807) is 6.92 Å². The summed E-state index contributed by atoms with van der Waals surface area (Å²) in [5.74, 6) is -0.605. The number of rotatable bonds is 10. The standard InChI is InChI=1S/C16H25NO6/c1-3-22-14(18)9-7-5-4-6-8-13(15(19)21-2)12-17-10-11-23-16(17)20/h12H,3-11H2,1-2H3/b13-12-. The molecule has 0 radical (unpaired) electrons. The Labute approximate surface area is 136 Å². The SMILES string of the molecule is CCOC(=O)CCCCCC/C(=C/N1CCOC1=O)C(=O)OC. The third-order valence-electron chi connectivity index (χ3n) is 3.43. The number of unbranched alkanes of at least 4 members (excludes halogenated alkanes) is 3. The molecule has 0 saturated carbocycles. The predicted molar refractivity (Wildman–Crippen MR) is 82.5 cm³/mol. The largest absolute Gasteiger partial charge is 0.466 e. The second-order valence-corrected chi connectivity index (χ2v) is 5.17. The van der Waals surface area contributed by atoms with Crippen molar-refractivity contribution in [2.45, 2.75) is 45.4 Å².